The molecule has 0 spiro atoms. The van der Waals surface area contributed by atoms with Gasteiger partial charge in [0.05, 0.1) is 6.10 Å². The summed E-state index contributed by atoms with van der Waals surface area (Å²) in [6.07, 6.45) is 3.83. The molecule has 2 atom stereocenters. The fourth-order valence-electron chi connectivity index (χ4n) is 1.54. The third-order valence-electron chi connectivity index (χ3n) is 2.10. The van der Waals surface area contributed by atoms with Crippen LogP contribution in [0.4, 0.5) is 0 Å². The lowest BCUT2D eigenvalue weighted by molar-refractivity contribution is 0.133. The molecule has 1 aliphatic rings. The molecule has 10 heavy (non-hydrogen) atoms. The summed E-state index contributed by atoms with van der Waals surface area (Å²) in [6.45, 7) is 3.61. The van der Waals surface area contributed by atoms with E-state index in [0.29, 0.717) is 11.0 Å². The third-order valence-corrected chi connectivity index (χ3v) is 2.26. The third kappa shape index (κ3) is 1.99. The molecule has 2 heteroatoms. The van der Waals surface area contributed by atoms with Gasteiger partial charge < -0.3 is 5.11 Å². The van der Waals surface area contributed by atoms with E-state index in [1.807, 2.05) is 0 Å². The van der Waals surface area contributed by atoms with Crippen LogP contribution in [-0.4, -0.2) is 11.2 Å². The highest BCUT2D eigenvalue weighted by molar-refractivity contribution is 6.29. The van der Waals surface area contributed by atoms with E-state index < -0.39 is 0 Å². The smallest absolute Gasteiger partial charge is 0.0571 e. The summed E-state index contributed by atoms with van der Waals surface area (Å²) in [7, 11) is 0. The highest BCUT2D eigenvalue weighted by atomic mass is 35.5. The second kappa shape index (κ2) is 3.40. The molecule has 0 amide bonds. The van der Waals surface area contributed by atoms with E-state index in [1.54, 1.807) is 0 Å². The van der Waals surface area contributed by atoms with E-state index >= 15 is 0 Å². The van der Waals surface area contributed by atoms with Crippen LogP contribution in [0.25, 0.3) is 0 Å². The van der Waals surface area contributed by atoms with E-state index in [2.05, 4.69) is 6.58 Å². The van der Waals surface area contributed by atoms with Crippen LogP contribution in [0.5, 0.6) is 0 Å². The summed E-state index contributed by atoms with van der Waals surface area (Å²) in [5, 5.41) is 10.0. The normalized spacial score (nSPS) is 32.6. The molecule has 0 aromatic heterocycles. The first kappa shape index (κ1) is 8.09. The Bertz CT molecular complexity index is 133. The van der Waals surface area contributed by atoms with Gasteiger partial charge in [-0.1, -0.05) is 24.6 Å². The Hall–Kier alpha value is -0.0100. The molecule has 0 bridgehead atoms. The number of halogens is 1. The standard InChI is InChI=1S/C8H13ClO/c1-6(9)5-7-3-2-4-8(7)10/h7-8,10H,1-5H2/t7-,8+/m0/s1. The van der Waals surface area contributed by atoms with Gasteiger partial charge >= 0.3 is 0 Å². The largest absolute Gasteiger partial charge is 0.393 e. The molecule has 1 N–H and O–H groups in total. The summed E-state index contributed by atoms with van der Waals surface area (Å²) < 4.78 is 0. The molecule has 0 aromatic carbocycles. The highest BCUT2D eigenvalue weighted by Gasteiger charge is 2.24. The maximum absolute atomic E-state index is 9.34. The first-order valence-corrected chi connectivity index (χ1v) is 4.09. The fourth-order valence-corrected chi connectivity index (χ4v) is 1.74. The minimum atomic E-state index is -0.129. The molecular weight excluding hydrogens is 148 g/mol. The zero-order valence-electron chi connectivity index (χ0n) is 6.02. The monoisotopic (exact) mass is 160 g/mol. The van der Waals surface area contributed by atoms with Crippen molar-refractivity contribution in [2.75, 3.05) is 0 Å². The van der Waals surface area contributed by atoms with Gasteiger partial charge in [0.1, 0.15) is 0 Å². The summed E-state index contributed by atoms with van der Waals surface area (Å²) in [4.78, 5) is 0. The number of allylic oxidation sites excluding steroid dienone is 1. The molecule has 1 saturated carbocycles. The van der Waals surface area contributed by atoms with Gasteiger partial charge in [-0.2, -0.15) is 0 Å². The van der Waals surface area contributed by atoms with Crippen molar-refractivity contribution in [2.45, 2.75) is 31.8 Å². The van der Waals surface area contributed by atoms with Crippen LogP contribution in [0.1, 0.15) is 25.7 Å². The minimum absolute atomic E-state index is 0.129. The predicted octanol–water partition coefficient (Wildman–Crippen LogP) is 2.29. The molecule has 0 saturated heterocycles. The first-order valence-electron chi connectivity index (χ1n) is 3.71. The van der Waals surface area contributed by atoms with Crippen molar-refractivity contribution in [3.63, 3.8) is 0 Å². The van der Waals surface area contributed by atoms with Crippen molar-refractivity contribution in [3.8, 4) is 0 Å². The molecule has 1 nitrogen and oxygen atoms in total. The Morgan fingerprint density at radius 3 is 2.70 bits per heavy atom. The van der Waals surface area contributed by atoms with Crippen LogP contribution < -0.4 is 0 Å². The summed E-state index contributed by atoms with van der Waals surface area (Å²) in [6, 6.07) is 0. The Balaban J connectivity index is 2.33. The van der Waals surface area contributed by atoms with Gasteiger partial charge in [0.2, 0.25) is 0 Å². The number of aliphatic hydroxyl groups excluding tert-OH is 1. The molecule has 1 aliphatic carbocycles. The average Bonchev–Trinajstić information content (AvgIpc) is 2.15. The lowest BCUT2D eigenvalue weighted by atomic mass is 10.0. The van der Waals surface area contributed by atoms with E-state index in [0.717, 1.165) is 25.7 Å². The second-order valence-corrected chi connectivity index (χ2v) is 3.51. The van der Waals surface area contributed by atoms with Crippen LogP contribution in [0, 0.1) is 5.92 Å². The molecular formula is C8H13ClO. The fraction of sp³-hybridized carbons (Fsp3) is 0.750. The zero-order chi connectivity index (χ0) is 7.56. The van der Waals surface area contributed by atoms with Gasteiger partial charge in [-0.3, -0.25) is 0 Å². The maximum Gasteiger partial charge on any atom is 0.0571 e. The van der Waals surface area contributed by atoms with Crippen LogP contribution in [0.15, 0.2) is 11.6 Å². The Labute approximate surface area is 66.7 Å². The number of hydrogen-bond acceptors (Lipinski definition) is 1. The molecule has 58 valence electrons. The molecule has 0 unspecified atom stereocenters. The highest BCUT2D eigenvalue weighted by Crippen LogP contribution is 2.30. The minimum Gasteiger partial charge on any atom is -0.393 e. The molecule has 0 heterocycles. The van der Waals surface area contributed by atoms with Gasteiger partial charge in [-0.05, 0) is 25.2 Å². The van der Waals surface area contributed by atoms with Crippen molar-refractivity contribution in [3.05, 3.63) is 11.6 Å². The summed E-state index contributed by atoms with van der Waals surface area (Å²) in [5.74, 6) is 0.380. The van der Waals surface area contributed by atoms with Crippen molar-refractivity contribution in [1.82, 2.24) is 0 Å². The summed E-state index contributed by atoms with van der Waals surface area (Å²) >= 11 is 5.62. The summed E-state index contributed by atoms with van der Waals surface area (Å²) in [5.41, 5.74) is 0. The maximum atomic E-state index is 9.34. The number of rotatable bonds is 2. The van der Waals surface area contributed by atoms with E-state index in [4.69, 9.17) is 11.6 Å². The van der Waals surface area contributed by atoms with Crippen LogP contribution in [-0.2, 0) is 0 Å². The molecule has 1 rings (SSSR count). The van der Waals surface area contributed by atoms with Gasteiger partial charge in [0, 0.05) is 5.03 Å². The number of hydrogen-bond donors (Lipinski definition) is 1. The second-order valence-electron chi connectivity index (χ2n) is 2.98. The predicted molar refractivity (Wildman–Crippen MR) is 43.0 cm³/mol. The van der Waals surface area contributed by atoms with E-state index in [1.165, 1.54) is 0 Å². The van der Waals surface area contributed by atoms with Crippen molar-refractivity contribution < 1.29 is 5.11 Å². The molecule has 1 fully saturated rings. The first-order chi connectivity index (χ1) is 4.70. The van der Waals surface area contributed by atoms with Gasteiger partial charge in [0.25, 0.3) is 0 Å². The Morgan fingerprint density at radius 2 is 2.30 bits per heavy atom. The van der Waals surface area contributed by atoms with E-state index in [9.17, 15) is 5.11 Å². The van der Waals surface area contributed by atoms with Gasteiger partial charge in [-0.15, -0.1) is 0 Å². The van der Waals surface area contributed by atoms with Crippen LogP contribution >= 0.6 is 11.6 Å². The topological polar surface area (TPSA) is 20.2 Å². The van der Waals surface area contributed by atoms with Crippen molar-refractivity contribution in [2.24, 2.45) is 5.92 Å². The molecule has 0 aromatic rings. The van der Waals surface area contributed by atoms with Gasteiger partial charge in [-0.25, -0.2) is 0 Å². The van der Waals surface area contributed by atoms with Crippen LogP contribution in [0.2, 0.25) is 0 Å². The average molecular weight is 161 g/mol. The Kier molecular flexibility index (Phi) is 2.75. The van der Waals surface area contributed by atoms with Crippen molar-refractivity contribution >= 4 is 11.6 Å². The van der Waals surface area contributed by atoms with Crippen LogP contribution in [0.3, 0.4) is 0 Å². The van der Waals surface area contributed by atoms with Gasteiger partial charge in [0.15, 0.2) is 0 Å². The molecule has 0 radical (unpaired) electrons. The lowest BCUT2D eigenvalue weighted by Crippen LogP contribution is -2.12. The Morgan fingerprint density at radius 1 is 1.60 bits per heavy atom. The quantitative estimate of drug-likeness (QED) is 0.657. The number of aliphatic hydroxyl groups is 1. The lowest BCUT2D eigenvalue weighted by Gasteiger charge is -2.12. The van der Waals surface area contributed by atoms with E-state index in [-0.39, 0.29) is 6.10 Å². The van der Waals surface area contributed by atoms with Crippen molar-refractivity contribution in [1.29, 1.82) is 0 Å². The zero-order valence-corrected chi connectivity index (χ0v) is 6.77. The molecule has 0 aliphatic heterocycles. The SMILES string of the molecule is C=C(Cl)C[C@@H]1CCC[C@H]1O.